The van der Waals surface area contributed by atoms with E-state index in [-0.39, 0.29) is 17.3 Å². The van der Waals surface area contributed by atoms with Crippen LogP contribution in [0.1, 0.15) is 36.8 Å². The number of nitrogens with one attached hydrogen (secondary N) is 1. The van der Waals surface area contributed by atoms with Gasteiger partial charge in [0.15, 0.2) is 5.43 Å². The molecule has 3 rings (SSSR count). The monoisotopic (exact) mass is 369 g/mol. The molecule has 2 aromatic rings. The van der Waals surface area contributed by atoms with Crippen molar-refractivity contribution < 1.29 is 19.1 Å². The number of fused-ring (bicyclic) bond motifs is 1. The third-order valence-corrected chi connectivity index (χ3v) is 5.13. The van der Waals surface area contributed by atoms with E-state index in [1.54, 1.807) is 12.1 Å². The molecule has 6 heteroatoms. The van der Waals surface area contributed by atoms with Crippen LogP contribution in [0.25, 0.3) is 17.0 Å². The van der Waals surface area contributed by atoms with Gasteiger partial charge in [-0.25, -0.2) is 0 Å². The molecule has 2 N–H and O–H groups in total. The molecule has 1 amide bonds. The minimum Gasteiger partial charge on any atom is -0.481 e. The predicted octanol–water partition coefficient (Wildman–Crippen LogP) is 3.12. The number of rotatable bonds is 5. The highest BCUT2D eigenvalue weighted by atomic mass is 16.4. The number of aryl methyl sites for hydroxylation is 1. The maximum absolute atomic E-state index is 12.5. The van der Waals surface area contributed by atoms with E-state index in [0.717, 1.165) is 24.8 Å². The van der Waals surface area contributed by atoms with Crippen molar-refractivity contribution in [1.29, 1.82) is 0 Å². The van der Waals surface area contributed by atoms with Crippen LogP contribution in [0.2, 0.25) is 0 Å². The number of amides is 1. The average molecular weight is 369 g/mol. The maximum atomic E-state index is 12.5. The quantitative estimate of drug-likeness (QED) is 0.790. The lowest BCUT2D eigenvalue weighted by atomic mass is 9.79. The Kier molecular flexibility index (Phi) is 5.74. The summed E-state index contributed by atoms with van der Waals surface area (Å²) in [4.78, 5) is 35.9. The zero-order valence-electron chi connectivity index (χ0n) is 15.2. The van der Waals surface area contributed by atoms with Crippen LogP contribution in [0.5, 0.6) is 0 Å². The van der Waals surface area contributed by atoms with Gasteiger partial charge in [0.1, 0.15) is 11.8 Å². The molecule has 1 heterocycles. The summed E-state index contributed by atoms with van der Waals surface area (Å²) in [5.74, 6) is -1.61. The molecule has 0 saturated heterocycles. The van der Waals surface area contributed by atoms with Crippen molar-refractivity contribution in [2.45, 2.75) is 32.6 Å². The second-order valence-electron chi connectivity index (χ2n) is 7.09. The molecule has 0 unspecified atom stereocenters. The van der Waals surface area contributed by atoms with Crippen LogP contribution in [0.4, 0.5) is 0 Å². The van der Waals surface area contributed by atoms with Crippen LogP contribution in [-0.4, -0.2) is 23.5 Å². The van der Waals surface area contributed by atoms with Gasteiger partial charge >= 0.3 is 5.97 Å². The van der Waals surface area contributed by atoms with Crippen molar-refractivity contribution in [3.05, 3.63) is 51.9 Å². The summed E-state index contributed by atoms with van der Waals surface area (Å²) in [7, 11) is 0. The molecular weight excluding hydrogens is 346 g/mol. The topological polar surface area (TPSA) is 96.6 Å². The summed E-state index contributed by atoms with van der Waals surface area (Å²) in [6.07, 6.45) is 7.41. The molecule has 1 aromatic heterocycles. The highest BCUT2D eigenvalue weighted by Gasteiger charge is 2.30. The van der Waals surface area contributed by atoms with Crippen molar-refractivity contribution in [2.75, 3.05) is 6.54 Å². The molecule has 1 aromatic carbocycles. The summed E-state index contributed by atoms with van der Waals surface area (Å²) in [6, 6.07) is 5.37. The van der Waals surface area contributed by atoms with Gasteiger partial charge in [-0.3, -0.25) is 14.4 Å². The van der Waals surface area contributed by atoms with E-state index in [1.165, 1.54) is 18.4 Å². The molecule has 0 spiro atoms. The Labute approximate surface area is 156 Å². The Morgan fingerprint density at radius 1 is 1.30 bits per heavy atom. The number of carbonyl (C=O) groups is 2. The Morgan fingerprint density at radius 2 is 2.07 bits per heavy atom. The summed E-state index contributed by atoms with van der Waals surface area (Å²) < 4.78 is 5.46. The summed E-state index contributed by atoms with van der Waals surface area (Å²) >= 11 is 0. The second-order valence-corrected chi connectivity index (χ2v) is 7.09. The van der Waals surface area contributed by atoms with E-state index in [1.807, 2.05) is 13.0 Å². The van der Waals surface area contributed by atoms with E-state index in [4.69, 9.17) is 4.42 Å². The van der Waals surface area contributed by atoms with Crippen LogP contribution in [0, 0.1) is 18.8 Å². The predicted molar refractivity (Wildman–Crippen MR) is 102 cm³/mol. The van der Waals surface area contributed by atoms with E-state index < -0.39 is 11.9 Å². The van der Waals surface area contributed by atoms with Crippen LogP contribution in [0.15, 0.2) is 39.7 Å². The third kappa shape index (κ3) is 4.45. The molecule has 1 aliphatic carbocycles. The lowest BCUT2D eigenvalue weighted by Crippen LogP contribution is -2.36. The van der Waals surface area contributed by atoms with E-state index >= 15 is 0 Å². The first kappa shape index (κ1) is 18.9. The van der Waals surface area contributed by atoms with Crippen LogP contribution >= 0.6 is 0 Å². The molecule has 2 atom stereocenters. The lowest BCUT2D eigenvalue weighted by Gasteiger charge is -2.28. The van der Waals surface area contributed by atoms with Gasteiger partial charge in [-0.15, -0.1) is 0 Å². The second kappa shape index (κ2) is 8.20. The maximum Gasteiger partial charge on any atom is 0.306 e. The minimum absolute atomic E-state index is 0.0534. The van der Waals surface area contributed by atoms with Crippen molar-refractivity contribution >= 4 is 28.9 Å². The van der Waals surface area contributed by atoms with Gasteiger partial charge in [0.25, 0.3) is 0 Å². The SMILES string of the molecule is Cc1ccc2occ(/C=C/C(=O)NC[C@@H]3CCCC[C@@H]3C(=O)O)c(=O)c2c1. The molecule has 6 nitrogen and oxygen atoms in total. The van der Waals surface area contributed by atoms with Gasteiger partial charge in [-0.2, -0.15) is 0 Å². The highest BCUT2D eigenvalue weighted by Crippen LogP contribution is 2.29. The number of carboxylic acids is 1. The molecule has 1 aliphatic rings. The lowest BCUT2D eigenvalue weighted by molar-refractivity contribution is -0.145. The zero-order chi connectivity index (χ0) is 19.4. The summed E-state index contributed by atoms with van der Waals surface area (Å²) in [5.41, 5.74) is 1.56. The fraction of sp³-hybridized carbons (Fsp3) is 0.381. The molecule has 1 fully saturated rings. The molecule has 27 heavy (non-hydrogen) atoms. The van der Waals surface area contributed by atoms with Gasteiger partial charge in [0.2, 0.25) is 5.91 Å². The van der Waals surface area contributed by atoms with Gasteiger partial charge in [0, 0.05) is 12.6 Å². The molecule has 0 bridgehead atoms. The number of aliphatic carboxylic acids is 1. The summed E-state index contributed by atoms with van der Waals surface area (Å²) in [6.45, 7) is 2.22. The van der Waals surface area contributed by atoms with Crippen molar-refractivity contribution in [3.8, 4) is 0 Å². The highest BCUT2D eigenvalue weighted by molar-refractivity contribution is 5.92. The van der Waals surface area contributed by atoms with E-state index in [0.29, 0.717) is 29.5 Å². The number of hydrogen-bond donors (Lipinski definition) is 2. The number of hydrogen-bond acceptors (Lipinski definition) is 4. The zero-order valence-corrected chi connectivity index (χ0v) is 15.2. The summed E-state index contributed by atoms with van der Waals surface area (Å²) in [5, 5.41) is 12.5. The first-order valence-corrected chi connectivity index (χ1v) is 9.16. The Hall–Kier alpha value is -2.89. The van der Waals surface area contributed by atoms with Gasteiger partial charge in [-0.1, -0.05) is 24.5 Å². The standard InChI is InChI=1S/C21H23NO5/c1-13-6-8-18-17(10-13)20(24)15(12-27-18)7-9-19(23)22-11-14-4-2-3-5-16(14)21(25)26/h6-10,12,14,16H,2-5,11H2,1H3,(H,22,23)(H,25,26)/b9-7+/t14-,16-/m0/s1. The van der Waals surface area contributed by atoms with Gasteiger partial charge < -0.3 is 14.8 Å². The normalized spacial score (nSPS) is 20.0. The van der Waals surface area contributed by atoms with Gasteiger partial charge in [0.05, 0.1) is 16.9 Å². The number of carbonyl (C=O) groups excluding carboxylic acids is 1. The fourth-order valence-corrected chi connectivity index (χ4v) is 3.61. The molecule has 1 saturated carbocycles. The van der Waals surface area contributed by atoms with Crippen LogP contribution in [0.3, 0.4) is 0 Å². The molecule has 142 valence electrons. The molecule has 0 aliphatic heterocycles. The number of benzene rings is 1. The van der Waals surface area contributed by atoms with Crippen molar-refractivity contribution in [2.24, 2.45) is 11.8 Å². The molecular formula is C21H23NO5. The average Bonchev–Trinajstić information content (AvgIpc) is 2.66. The van der Waals surface area contributed by atoms with Crippen molar-refractivity contribution in [1.82, 2.24) is 5.32 Å². The third-order valence-electron chi connectivity index (χ3n) is 5.13. The smallest absolute Gasteiger partial charge is 0.306 e. The van der Waals surface area contributed by atoms with Crippen molar-refractivity contribution in [3.63, 3.8) is 0 Å². The Bertz CT molecular complexity index is 943. The van der Waals surface area contributed by atoms with Crippen LogP contribution in [-0.2, 0) is 9.59 Å². The number of carboxylic acid groups (broad SMARTS) is 1. The largest absolute Gasteiger partial charge is 0.481 e. The molecule has 0 radical (unpaired) electrons. The Morgan fingerprint density at radius 3 is 2.85 bits per heavy atom. The van der Waals surface area contributed by atoms with Crippen LogP contribution < -0.4 is 10.7 Å². The van der Waals surface area contributed by atoms with Gasteiger partial charge in [-0.05, 0) is 43.9 Å². The first-order valence-electron chi connectivity index (χ1n) is 9.16. The van der Waals surface area contributed by atoms with E-state index in [2.05, 4.69) is 5.32 Å². The van der Waals surface area contributed by atoms with E-state index in [9.17, 15) is 19.5 Å². The first-order chi connectivity index (χ1) is 13.0. The fourth-order valence-electron chi connectivity index (χ4n) is 3.61. The Balaban J connectivity index is 1.66. The minimum atomic E-state index is -0.798.